The van der Waals surface area contributed by atoms with Gasteiger partial charge in [0.2, 0.25) is 0 Å². The van der Waals surface area contributed by atoms with Crippen LogP contribution in [0, 0.1) is 25.7 Å². The molecule has 54 heavy (non-hydrogen) atoms. The molecule has 256 valence electrons. The molecule has 0 fully saturated rings. The number of nitrogens with zero attached hydrogens (tertiary/aromatic N) is 1. The van der Waals surface area contributed by atoms with E-state index in [1.165, 1.54) is 55.6 Å². The molecule has 0 N–H and O–H groups in total. The van der Waals surface area contributed by atoms with Crippen molar-refractivity contribution in [1.29, 1.82) is 0 Å². The summed E-state index contributed by atoms with van der Waals surface area (Å²) < 4.78 is 0. The first-order valence-corrected chi connectivity index (χ1v) is 18.6. The Morgan fingerprint density at radius 3 is 1.43 bits per heavy atom. The summed E-state index contributed by atoms with van der Waals surface area (Å²) in [7, 11) is 0. The molecule has 1 atom stereocenters. The second-order valence-electron chi connectivity index (χ2n) is 14.1. The van der Waals surface area contributed by atoms with Gasteiger partial charge in [0.15, 0.2) is 0 Å². The molecule has 1 heteroatoms. The molecule has 8 aromatic rings. The number of hydrogen-bond donors (Lipinski definition) is 0. The first kappa shape index (κ1) is 33.0. The Hall–Kier alpha value is -6.88. The number of anilines is 3. The van der Waals surface area contributed by atoms with Crippen LogP contribution in [-0.4, -0.2) is 0 Å². The van der Waals surface area contributed by atoms with Crippen molar-refractivity contribution in [3.63, 3.8) is 0 Å². The number of rotatable bonds is 6. The zero-order valence-corrected chi connectivity index (χ0v) is 30.5. The molecule has 0 bridgehead atoms. The fourth-order valence-electron chi connectivity index (χ4n) is 7.91. The minimum atomic E-state index is -0.671. The highest BCUT2D eigenvalue weighted by atomic mass is 15.1. The third-order valence-corrected chi connectivity index (χ3v) is 10.7. The number of benzene rings is 8. The number of fused-ring (bicyclic) bond motifs is 3. The lowest BCUT2D eigenvalue weighted by atomic mass is 9.73. The molecule has 0 heterocycles. The highest BCUT2D eigenvalue weighted by molar-refractivity contribution is 5.97. The summed E-state index contributed by atoms with van der Waals surface area (Å²) in [6.45, 7) is 4.26. The first-order valence-electron chi connectivity index (χ1n) is 18.6. The van der Waals surface area contributed by atoms with Gasteiger partial charge in [0.05, 0.1) is 5.69 Å². The minimum Gasteiger partial charge on any atom is -0.310 e. The molecule has 1 aliphatic rings. The Morgan fingerprint density at radius 2 is 0.870 bits per heavy atom. The minimum absolute atomic E-state index is 0.671. The van der Waals surface area contributed by atoms with Crippen molar-refractivity contribution in [2.24, 2.45) is 0 Å². The van der Waals surface area contributed by atoms with Crippen molar-refractivity contribution in [2.75, 3.05) is 4.90 Å². The maximum Gasteiger partial charge on any atom is 0.108 e. The van der Waals surface area contributed by atoms with Gasteiger partial charge in [-0.1, -0.05) is 181 Å². The lowest BCUT2D eigenvalue weighted by Gasteiger charge is -2.30. The Balaban J connectivity index is 1.26. The van der Waals surface area contributed by atoms with E-state index < -0.39 is 5.41 Å². The van der Waals surface area contributed by atoms with Gasteiger partial charge in [-0.05, 0) is 101 Å². The van der Waals surface area contributed by atoms with Gasteiger partial charge >= 0.3 is 0 Å². The van der Waals surface area contributed by atoms with Crippen LogP contribution in [0.15, 0.2) is 200 Å². The highest BCUT2D eigenvalue weighted by Crippen LogP contribution is 2.56. The van der Waals surface area contributed by atoms with E-state index in [0.717, 1.165) is 28.2 Å². The largest absolute Gasteiger partial charge is 0.310 e. The summed E-state index contributed by atoms with van der Waals surface area (Å²) in [5, 5.41) is 0. The van der Waals surface area contributed by atoms with E-state index in [1.807, 2.05) is 6.07 Å². The molecule has 8 aromatic carbocycles. The molecule has 0 saturated heterocycles. The number of aryl methyl sites for hydroxylation is 2. The molecule has 0 amide bonds. The second kappa shape index (κ2) is 13.9. The van der Waals surface area contributed by atoms with Gasteiger partial charge in [-0.3, -0.25) is 0 Å². The van der Waals surface area contributed by atoms with Crippen LogP contribution in [0.2, 0.25) is 0 Å². The second-order valence-corrected chi connectivity index (χ2v) is 14.1. The molecule has 1 unspecified atom stereocenters. The van der Waals surface area contributed by atoms with E-state index in [2.05, 4.69) is 225 Å². The van der Waals surface area contributed by atoms with E-state index >= 15 is 0 Å². The molecule has 1 aliphatic carbocycles. The summed E-state index contributed by atoms with van der Waals surface area (Å²) in [4.78, 5) is 2.42. The van der Waals surface area contributed by atoms with Crippen LogP contribution in [0.1, 0.15) is 33.4 Å². The molecule has 0 radical (unpaired) electrons. The monoisotopic (exact) mass is 689 g/mol. The van der Waals surface area contributed by atoms with Crippen molar-refractivity contribution in [3.05, 3.63) is 234 Å². The van der Waals surface area contributed by atoms with Crippen LogP contribution in [0.3, 0.4) is 0 Å². The van der Waals surface area contributed by atoms with Crippen molar-refractivity contribution in [2.45, 2.75) is 19.3 Å². The van der Waals surface area contributed by atoms with E-state index in [0.29, 0.717) is 0 Å². The maximum absolute atomic E-state index is 3.88. The molecule has 0 saturated carbocycles. The normalized spacial score (nSPS) is 14.0. The Kier molecular flexibility index (Phi) is 8.51. The fraction of sp³-hybridized carbons (Fsp3) is 0.0566. The van der Waals surface area contributed by atoms with Gasteiger partial charge < -0.3 is 4.90 Å². The molecular formula is C53H39N. The van der Waals surface area contributed by atoms with Crippen LogP contribution < -0.4 is 4.90 Å². The Bertz CT molecular complexity index is 2540. The summed E-state index contributed by atoms with van der Waals surface area (Å²) in [6.07, 6.45) is 0. The third-order valence-electron chi connectivity index (χ3n) is 10.7. The summed E-state index contributed by atoms with van der Waals surface area (Å²) in [5.74, 6) is 7.48. The third kappa shape index (κ3) is 5.89. The lowest BCUT2D eigenvalue weighted by molar-refractivity contribution is 0.837. The summed E-state index contributed by atoms with van der Waals surface area (Å²) >= 11 is 0. The zero-order valence-electron chi connectivity index (χ0n) is 30.5. The maximum atomic E-state index is 3.88. The lowest BCUT2D eigenvalue weighted by Crippen LogP contribution is -2.25. The first-order chi connectivity index (χ1) is 26.6. The smallest absolute Gasteiger partial charge is 0.108 e. The van der Waals surface area contributed by atoms with Gasteiger partial charge in [-0.25, -0.2) is 0 Å². The van der Waals surface area contributed by atoms with Crippen molar-refractivity contribution < 1.29 is 0 Å². The summed E-state index contributed by atoms with van der Waals surface area (Å²) in [6, 6.07) is 72.2. The average molecular weight is 690 g/mol. The van der Waals surface area contributed by atoms with E-state index in [4.69, 9.17) is 0 Å². The standard InChI is InChI=1S/C53H39N/c1-38-20-24-41(25-21-38)43-28-32-46(33-29-43)54(47-34-30-44(31-35-47)42-26-22-39(2)23-27-42)51-19-11-18-50-52(51)48-16-9-10-17-49(48)53(50,45-14-7-4-8-15-45)37-36-40-12-5-3-6-13-40/h3-35H,1-2H3. The van der Waals surface area contributed by atoms with Gasteiger partial charge in [-0.2, -0.15) is 0 Å². The van der Waals surface area contributed by atoms with Gasteiger partial charge in [0, 0.05) is 22.5 Å². The van der Waals surface area contributed by atoms with Gasteiger partial charge in [0.25, 0.3) is 0 Å². The fourth-order valence-corrected chi connectivity index (χ4v) is 7.91. The number of hydrogen-bond acceptors (Lipinski definition) is 1. The predicted molar refractivity (Wildman–Crippen MR) is 227 cm³/mol. The average Bonchev–Trinajstić information content (AvgIpc) is 3.53. The van der Waals surface area contributed by atoms with Gasteiger partial charge in [0.1, 0.15) is 5.41 Å². The van der Waals surface area contributed by atoms with Crippen LogP contribution in [0.5, 0.6) is 0 Å². The predicted octanol–water partition coefficient (Wildman–Crippen LogP) is 13.5. The Morgan fingerprint density at radius 1 is 0.407 bits per heavy atom. The quantitative estimate of drug-likeness (QED) is 0.157. The molecular weight excluding hydrogens is 651 g/mol. The highest BCUT2D eigenvalue weighted by Gasteiger charge is 2.45. The molecule has 1 nitrogen and oxygen atoms in total. The van der Waals surface area contributed by atoms with E-state index in [-0.39, 0.29) is 0 Å². The zero-order chi connectivity index (χ0) is 36.5. The van der Waals surface area contributed by atoms with Crippen molar-refractivity contribution >= 4 is 17.1 Å². The molecule has 9 rings (SSSR count). The van der Waals surface area contributed by atoms with Gasteiger partial charge in [-0.15, -0.1) is 0 Å². The SMILES string of the molecule is Cc1ccc(-c2ccc(N(c3ccc(-c4ccc(C)cc4)cc3)c3cccc4c3-c3ccccc3C4(C#Cc3ccccc3)c3ccccc3)cc2)cc1. The van der Waals surface area contributed by atoms with Crippen LogP contribution >= 0.6 is 0 Å². The van der Waals surface area contributed by atoms with E-state index in [1.54, 1.807) is 0 Å². The Labute approximate surface area is 318 Å². The molecule has 0 aromatic heterocycles. The molecule has 0 spiro atoms. The summed E-state index contributed by atoms with van der Waals surface area (Å²) in [5.41, 5.74) is 16.9. The molecule has 0 aliphatic heterocycles. The van der Waals surface area contributed by atoms with Crippen LogP contribution in [-0.2, 0) is 5.41 Å². The van der Waals surface area contributed by atoms with Crippen LogP contribution in [0.25, 0.3) is 33.4 Å². The van der Waals surface area contributed by atoms with Crippen molar-refractivity contribution in [3.8, 4) is 45.2 Å². The topological polar surface area (TPSA) is 3.24 Å². The van der Waals surface area contributed by atoms with E-state index in [9.17, 15) is 0 Å². The van der Waals surface area contributed by atoms with Crippen LogP contribution in [0.4, 0.5) is 17.1 Å². The van der Waals surface area contributed by atoms with Crippen molar-refractivity contribution in [1.82, 2.24) is 0 Å².